The van der Waals surface area contributed by atoms with Gasteiger partial charge in [-0.2, -0.15) is 12.6 Å². The fraction of sp³-hybridized carbons (Fsp3) is 0.478. The smallest absolute Gasteiger partial charge is 0.208 e. The van der Waals surface area contributed by atoms with E-state index in [1.54, 1.807) is 0 Å². The van der Waals surface area contributed by atoms with Crippen LogP contribution in [-0.4, -0.2) is 32.5 Å². The summed E-state index contributed by atoms with van der Waals surface area (Å²) < 4.78 is 53.6. The van der Waals surface area contributed by atoms with Crippen LogP contribution >= 0.6 is 12.6 Å². The number of sulfonamides is 1. The van der Waals surface area contributed by atoms with Crippen LogP contribution in [0.5, 0.6) is 0 Å². The summed E-state index contributed by atoms with van der Waals surface area (Å²) in [4.78, 5) is 0. The second kappa shape index (κ2) is 10.4. The molecule has 0 saturated heterocycles. The van der Waals surface area contributed by atoms with E-state index in [0.29, 0.717) is 12.1 Å². The average Bonchev–Trinajstić information content (AvgIpc) is 2.69. The highest BCUT2D eigenvalue weighted by atomic mass is 32.2. The van der Waals surface area contributed by atoms with Crippen molar-refractivity contribution in [2.45, 2.75) is 56.4 Å². The van der Waals surface area contributed by atoms with Gasteiger partial charge in [0.1, 0.15) is 11.6 Å². The quantitative estimate of drug-likeness (QED) is 0.489. The highest BCUT2D eigenvalue weighted by Gasteiger charge is 2.25. The van der Waals surface area contributed by atoms with Gasteiger partial charge in [0.15, 0.2) is 0 Å². The van der Waals surface area contributed by atoms with E-state index < -0.39 is 27.7 Å². The molecular formula is C23H30F2N2O2S2. The predicted molar refractivity (Wildman–Crippen MR) is 124 cm³/mol. The van der Waals surface area contributed by atoms with Gasteiger partial charge >= 0.3 is 0 Å². The molecule has 8 heteroatoms. The standard InChI is InChI=1S/C23H30F2N2O2S2/c1-3-15-7-8-17-5-4-6-21(20(17)11-15)26-14-23(30)22(27-31(2,28)29)12-16-9-18(24)13-19(25)10-16/h7-11,13,21-23,26-27,30H,3-6,12,14H2,1-2H3/t21-,22-,23+/m0/s1. The molecule has 31 heavy (non-hydrogen) atoms. The Kier molecular flexibility index (Phi) is 8.13. The van der Waals surface area contributed by atoms with Crippen LogP contribution in [0, 0.1) is 11.6 Å². The van der Waals surface area contributed by atoms with Gasteiger partial charge in [0, 0.05) is 29.9 Å². The van der Waals surface area contributed by atoms with E-state index in [0.717, 1.165) is 38.0 Å². The van der Waals surface area contributed by atoms with Crippen LogP contribution in [-0.2, 0) is 29.3 Å². The monoisotopic (exact) mass is 468 g/mol. The Morgan fingerprint density at radius 3 is 2.48 bits per heavy atom. The maximum Gasteiger partial charge on any atom is 0.208 e. The molecule has 0 amide bonds. The van der Waals surface area contributed by atoms with E-state index in [1.165, 1.54) is 28.8 Å². The Balaban J connectivity index is 1.73. The number of halogens is 2. The number of nitrogens with one attached hydrogen (secondary N) is 2. The number of rotatable bonds is 9. The normalized spacial score (nSPS) is 18.4. The van der Waals surface area contributed by atoms with Crippen molar-refractivity contribution in [1.29, 1.82) is 0 Å². The molecule has 2 N–H and O–H groups in total. The SMILES string of the molecule is CCc1ccc2c(c1)[C@@H](NC[C@@H](S)[C@H](Cc1cc(F)cc(F)c1)NS(C)(=O)=O)CCC2. The van der Waals surface area contributed by atoms with Gasteiger partial charge in [-0.05, 0) is 66.5 Å². The molecule has 0 saturated carbocycles. The van der Waals surface area contributed by atoms with Crippen molar-refractivity contribution in [3.63, 3.8) is 0 Å². The Morgan fingerprint density at radius 1 is 1.13 bits per heavy atom. The van der Waals surface area contributed by atoms with Crippen LogP contribution in [0.4, 0.5) is 8.78 Å². The van der Waals surface area contributed by atoms with Crippen molar-refractivity contribution in [3.05, 3.63) is 70.3 Å². The first-order chi connectivity index (χ1) is 14.6. The van der Waals surface area contributed by atoms with Gasteiger partial charge < -0.3 is 5.32 Å². The summed E-state index contributed by atoms with van der Waals surface area (Å²) >= 11 is 4.65. The molecule has 0 aliphatic heterocycles. The Hall–Kier alpha value is -1.48. The topological polar surface area (TPSA) is 58.2 Å². The zero-order valence-electron chi connectivity index (χ0n) is 17.9. The molecule has 1 aliphatic carbocycles. The highest BCUT2D eigenvalue weighted by Crippen LogP contribution is 2.31. The zero-order chi connectivity index (χ0) is 22.6. The molecule has 4 nitrogen and oxygen atoms in total. The Morgan fingerprint density at radius 2 is 1.84 bits per heavy atom. The van der Waals surface area contributed by atoms with Crippen LogP contribution in [0.25, 0.3) is 0 Å². The molecule has 0 spiro atoms. The lowest BCUT2D eigenvalue weighted by molar-refractivity contribution is 0.438. The van der Waals surface area contributed by atoms with Crippen LogP contribution < -0.4 is 10.0 Å². The van der Waals surface area contributed by atoms with Gasteiger partial charge in [-0.1, -0.05) is 25.1 Å². The molecular weight excluding hydrogens is 438 g/mol. The van der Waals surface area contributed by atoms with E-state index in [2.05, 4.69) is 47.8 Å². The lowest BCUT2D eigenvalue weighted by atomic mass is 9.86. The van der Waals surface area contributed by atoms with Crippen molar-refractivity contribution in [1.82, 2.24) is 10.0 Å². The predicted octanol–water partition coefficient (Wildman–Crippen LogP) is 3.95. The first-order valence-corrected chi connectivity index (χ1v) is 13.0. The molecule has 170 valence electrons. The average molecular weight is 469 g/mol. The summed E-state index contributed by atoms with van der Waals surface area (Å²) in [6, 6.07) is 9.43. The molecule has 0 heterocycles. The fourth-order valence-corrected chi connectivity index (χ4v) is 5.38. The second-order valence-electron chi connectivity index (χ2n) is 8.29. The van der Waals surface area contributed by atoms with Crippen LogP contribution in [0.1, 0.15) is 48.1 Å². The first kappa shape index (κ1) is 24.2. The number of benzene rings is 2. The van der Waals surface area contributed by atoms with Gasteiger partial charge in [-0.15, -0.1) is 0 Å². The summed E-state index contributed by atoms with van der Waals surface area (Å²) in [7, 11) is -3.52. The molecule has 2 aromatic carbocycles. The third kappa shape index (κ3) is 7.00. The summed E-state index contributed by atoms with van der Waals surface area (Å²) in [5, 5.41) is 3.16. The van der Waals surface area contributed by atoms with Crippen LogP contribution in [0.3, 0.4) is 0 Å². The number of thiol groups is 1. The van der Waals surface area contributed by atoms with E-state index in [1.807, 2.05) is 0 Å². The van der Waals surface area contributed by atoms with Crippen molar-refractivity contribution < 1.29 is 17.2 Å². The minimum atomic E-state index is -3.52. The molecule has 0 radical (unpaired) electrons. The maximum absolute atomic E-state index is 13.6. The Labute approximate surface area is 189 Å². The third-order valence-electron chi connectivity index (χ3n) is 5.71. The summed E-state index contributed by atoms with van der Waals surface area (Å²) in [5.74, 6) is -1.38. The largest absolute Gasteiger partial charge is 0.309 e. The van der Waals surface area contributed by atoms with Crippen molar-refractivity contribution in [2.24, 2.45) is 0 Å². The second-order valence-corrected chi connectivity index (χ2v) is 10.7. The third-order valence-corrected chi connectivity index (χ3v) is 6.99. The first-order valence-electron chi connectivity index (χ1n) is 10.6. The molecule has 0 fully saturated rings. The lowest BCUT2D eigenvalue weighted by Crippen LogP contribution is -2.46. The van der Waals surface area contributed by atoms with Crippen LogP contribution in [0.15, 0.2) is 36.4 Å². The summed E-state index contributed by atoms with van der Waals surface area (Å²) in [6.07, 6.45) is 5.33. The Bertz CT molecular complexity index is 994. The van der Waals surface area contributed by atoms with Crippen LogP contribution in [0.2, 0.25) is 0 Å². The molecule has 3 rings (SSSR count). The van der Waals surface area contributed by atoms with E-state index in [-0.39, 0.29) is 17.7 Å². The molecule has 0 aromatic heterocycles. The number of hydrogen-bond acceptors (Lipinski definition) is 4. The molecule has 3 atom stereocenters. The van der Waals surface area contributed by atoms with Gasteiger partial charge in [0.05, 0.1) is 6.26 Å². The van der Waals surface area contributed by atoms with Gasteiger partial charge in [-0.3, -0.25) is 0 Å². The number of hydrogen-bond donors (Lipinski definition) is 3. The fourth-order valence-electron chi connectivity index (χ4n) is 4.20. The lowest BCUT2D eigenvalue weighted by Gasteiger charge is -2.30. The molecule has 0 bridgehead atoms. The molecule has 0 unspecified atom stereocenters. The zero-order valence-corrected chi connectivity index (χ0v) is 19.6. The van der Waals surface area contributed by atoms with Crippen molar-refractivity contribution in [2.75, 3.05) is 12.8 Å². The van der Waals surface area contributed by atoms with Gasteiger partial charge in [0.2, 0.25) is 10.0 Å². The minimum absolute atomic E-state index is 0.138. The van der Waals surface area contributed by atoms with Gasteiger partial charge in [-0.25, -0.2) is 21.9 Å². The number of fused-ring (bicyclic) bond motifs is 1. The summed E-state index contributed by atoms with van der Waals surface area (Å²) in [5.41, 5.74) is 4.32. The van der Waals surface area contributed by atoms with E-state index >= 15 is 0 Å². The molecule has 2 aromatic rings. The van der Waals surface area contributed by atoms with Crippen molar-refractivity contribution in [3.8, 4) is 0 Å². The molecule has 1 aliphatic rings. The maximum atomic E-state index is 13.6. The minimum Gasteiger partial charge on any atom is -0.309 e. The van der Waals surface area contributed by atoms with Gasteiger partial charge in [0.25, 0.3) is 0 Å². The van der Waals surface area contributed by atoms with E-state index in [9.17, 15) is 17.2 Å². The number of aryl methyl sites for hydroxylation is 2. The summed E-state index contributed by atoms with van der Waals surface area (Å²) in [6.45, 7) is 2.59. The van der Waals surface area contributed by atoms with E-state index in [4.69, 9.17) is 0 Å². The van der Waals surface area contributed by atoms with Crippen molar-refractivity contribution >= 4 is 22.7 Å². The highest BCUT2D eigenvalue weighted by molar-refractivity contribution is 7.88.